The zero-order valence-corrected chi connectivity index (χ0v) is 11.3. The Bertz CT molecular complexity index is 431. The number of benzene rings is 1. The van der Waals surface area contributed by atoms with Gasteiger partial charge in [-0.1, -0.05) is 30.3 Å². The van der Waals surface area contributed by atoms with E-state index in [2.05, 4.69) is 23.9 Å². The molecule has 1 saturated heterocycles. The molecule has 0 amide bonds. The number of amidine groups is 1. The Morgan fingerprint density at radius 3 is 2.81 bits per heavy atom. The van der Waals surface area contributed by atoms with Gasteiger partial charge in [0.05, 0.1) is 5.69 Å². The lowest BCUT2D eigenvalue weighted by atomic mass is 10.2. The molecular formula is C12H15ClN2S. The van der Waals surface area contributed by atoms with Gasteiger partial charge >= 0.3 is 0 Å². The third-order valence-electron chi connectivity index (χ3n) is 2.54. The minimum Gasteiger partial charge on any atom is -0.353 e. The molecule has 1 atom stereocenters. The zero-order valence-electron chi connectivity index (χ0n) is 9.70. The Labute approximate surface area is 106 Å². The maximum absolute atomic E-state index is 5.92. The smallest absolute Gasteiger partial charge is 0.164 e. The molecule has 1 aliphatic heterocycles. The van der Waals surface area contributed by atoms with E-state index in [1.54, 1.807) is 0 Å². The highest BCUT2D eigenvalue weighted by Crippen LogP contribution is 2.29. The van der Waals surface area contributed by atoms with Gasteiger partial charge in [0.25, 0.3) is 0 Å². The molecule has 0 bridgehead atoms. The lowest BCUT2D eigenvalue weighted by Crippen LogP contribution is -2.19. The highest BCUT2D eigenvalue weighted by molar-refractivity contribution is 8.14. The van der Waals surface area contributed by atoms with Crippen LogP contribution in [0, 0.1) is 6.92 Å². The number of rotatable bonds is 1. The molecule has 1 fully saturated rings. The molecule has 0 N–H and O–H groups in total. The summed E-state index contributed by atoms with van der Waals surface area (Å²) in [4.78, 5) is 6.87. The first kappa shape index (κ1) is 11.8. The van der Waals surface area contributed by atoms with Crippen molar-refractivity contribution >= 4 is 34.2 Å². The average molecular weight is 255 g/mol. The second-order valence-corrected chi connectivity index (χ2v) is 5.98. The number of aliphatic imine (C=N–C) groups is 1. The standard InChI is InChI=1S/C12H15ClN2S/c1-8-6-10(13)4-5-11(8)14-12-15(3)7-9(2)16-12/h4-6,9H,7H2,1-3H3. The van der Waals surface area contributed by atoms with Crippen molar-refractivity contribution in [1.29, 1.82) is 0 Å². The van der Waals surface area contributed by atoms with Crippen molar-refractivity contribution in [3.8, 4) is 0 Å². The number of hydrogen-bond donors (Lipinski definition) is 0. The van der Waals surface area contributed by atoms with Crippen LogP contribution in [0.2, 0.25) is 5.02 Å². The number of aryl methyl sites for hydroxylation is 1. The summed E-state index contributed by atoms with van der Waals surface area (Å²) in [5.74, 6) is 0. The Morgan fingerprint density at radius 2 is 2.25 bits per heavy atom. The van der Waals surface area contributed by atoms with Gasteiger partial charge in [0.15, 0.2) is 5.17 Å². The van der Waals surface area contributed by atoms with Gasteiger partial charge in [-0.25, -0.2) is 4.99 Å². The fourth-order valence-corrected chi connectivity index (χ4v) is 3.02. The van der Waals surface area contributed by atoms with Gasteiger partial charge in [-0.15, -0.1) is 0 Å². The maximum Gasteiger partial charge on any atom is 0.164 e. The summed E-state index contributed by atoms with van der Waals surface area (Å²) in [6.07, 6.45) is 0. The lowest BCUT2D eigenvalue weighted by Gasteiger charge is -2.10. The molecule has 2 nitrogen and oxygen atoms in total. The molecule has 16 heavy (non-hydrogen) atoms. The third-order valence-corrected chi connectivity index (χ3v) is 3.94. The Hall–Kier alpha value is -0.670. The molecule has 1 unspecified atom stereocenters. The Morgan fingerprint density at radius 1 is 1.50 bits per heavy atom. The number of thioether (sulfide) groups is 1. The Kier molecular flexibility index (Phi) is 3.45. The van der Waals surface area contributed by atoms with Crippen LogP contribution in [0.4, 0.5) is 5.69 Å². The summed E-state index contributed by atoms with van der Waals surface area (Å²) in [6.45, 7) is 5.32. The van der Waals surface area contributed by atoms with Gasteiger partial charge in [-0.2, -0.15) is 0 Å². The van der Waals surface area contributed by atoms with Gasteiger partial charge in [-0.05, 0) is 30.7 Å². The van der Waals surface area contributed by atoms with Crippen LogP contribution < -0.4 is 0 Å². The molecule has 1 aromatic carbocycles. The fourth-order valence-electron chi connectivity index (χ4n) is 1.73. The van der Waals surface area contributed by atoms with E-state index in [0.29, 0.717) is 5.25 Å². The molecule has 0 spiro atoms. The summed E-state index contributed by atoms with van der Waals surface area (Å²) in [5.41, 5.74) is 2.13. The van der Waals surface area contributed by atoms with E-state index in [1.165, 1.54) is 0 Å². The summed E-state index contributed by atoms with van der Waals surface area (Å²) in [5, 5.41) is 2.48. The Balaban J connectivity index is 2.29. The van der Waals surface area contributed by atoms with Gasteiger partial charge in [0.2, 0.25) is 0 Å². The minimum atomic E-state index is 0.622. The van der Waals surface area contributed by atoms with Crippen LogP contribution in [0.1, 0.15) is 12.5 Å². The first-order chi connectivity index (χ1) is 7.56. The van der Waals surface area contributed by atoms with Crippen molar-refractivity contribution in [2.45, 2.75) is 19.1 Å². The van der Waals surface area contributed by atoms with Crippen molar-refractivity contribution in [2.24, 2.45) is 4.99 Å². The summed E-state index contributed by atoms with van der Waals surface area (Å²) >= 11 is 7.75. The highest BCUT2D eigenvalue weighted by atomic mass is 35.5. The van der Waals surface area contributed by atoms with E-state index in [1.807, 2.05) is 36.9 Å². The van der Waals surface area contributed by atoms with E-state index in [9.17, 15) is 0 Å². The van der Waals surface area contributed by atoms with Crippen LogP contribution in [0.3, 0.4) is 0 Å². The highest BCUT2D eigenvalue weighted by Gasteiger charge is 2.22. The molecule has 4 heteroatoms. The molecule has 86 valence electrons. The predicted octanol–water partition coefficient (Wildman–Crippen LogP) is 3.70. The second-order valence-electron chi connectivity index (χ2n) is 4.13. The number of nitrogens with zero attached hydrogens (tertiary/aromatic N) is 2. The first-order valence-electron chi connectivity index (χ1n) is 5.29. The molecule has 0 radical (unpaired) electrons. The van der Waals surface area contributed by atoms with Crippen LogP contribution in [0.25, 0.3) is 0 Å². The molecule has 1 aliphatic rings. The summed E-state index contributed by atoms with van der Waals surface area (Å²) in [7, 11) is 2.08. The van der Waals surface area contributed by atoms with Gasteiger partial charge < -0.3 is 4.90 Å². The molecule has 0 saturated carbocycles. The summed E-state index contributed by atoms with van der Waals surface area (Å²) < 4.78 is 0. The van der Waals surface area contributed by atoms with Crippen molar-refractivity contribution in [3.05, 3.63) is 28.8 Å². The van der Waals surface area contributed by atoms with E-state index >= 15 is 0 Å². The molecule has 2 rings (SSSR count). The quantitative estimate of drug-likeness (QED) is 0.759. The van der Waals surface area contributed by atoms with Crippen molar-refractivity contribution < 1.29 is 0 Å². The SMILES string of the molecule is Cc1cc(Cl)ccc1N=C1SC(C)CN1C. The third kappa shape index (κ3) is 2.53. The van der Waals surface area contributed by atoms with Gasteiger partial charge in [0, 0.05) is 23.9 Å². The molecule has 1 heterocycles. The van der Waals surface area contributed by atoms with Crippen LogP contribution in [0.5, 0.6) is 0 Å². The topological polar surface area (TPSA) is 15.6 Å². The van der Waals surface area contributed by atoms with Crippen LogP contribution in [-0.4, -0.2) is 28.9 Å². The van der Waals surface area contributed by atoms with Crippen molar-refractivity contribution in [3.63, 3.8) is 0 Å². The van der Waals surface area contributed by atoms with Crippen molar-refractivity contribution in [2.75, 3.05) is 13.6 Å². The second kappa shape index (κ2) is 4.68. The molecule has 0 aromatic heterocycles. The lowest BCUT2D eigenvalue weighted by molar-refractivity contribution is 0.533. The molecule has 1 aromatic rings. The van der Waals surface area contributed by atoms with E-state index in [-0.39, 0.29) is 0 Å². The van der Waals surface area contributed by atoms with Crippen LogP contribution >= 0.6 is 23.4 Å². The van der Waals surface area contributed by atoms with Crippen LogP contribution in [0.15, 0.2) is 23.2 Å². The number of hydrogen-bond acceptors (Lipinski definition) is 2. The average Bonchev–Trinajstić information content (AvgIpc) is 2.50. The van der Waals surface area contributed by atoms with Gasteiger partial charge in [0.1, 0.15) is 0 Å². The normalized spacial score (nSPS) is 23.1. The monoisotopic (exact) mass is 254 g/mol. The maximum atomic E-state index is 5.92. The minimum absolute atomic E-state index is 0.622. The molecule has 0 aliphatic carbocycles. The first-order valence-corrected chi connectivity index (χ1v) is 6.54. The molecular weight excluding hydrogens is 240 g/mol. The largest absolute Gasteiger partial charge is 0.353 e. The van der Waals surface area contributed by atoms with E-state index < -0.39 is 0 Å². The summed E-state index contributed by atoms with van der Waals surface area (Å²) in [6, 6.07) is 5.81. The van der Waals surface area contributed by atoms with Crippen LogP contribution in [-0.2, 0) is 0 Å². The van der Waals surface area contributed by atoms with E-state index in [4.69, 9.17) is 11.6 Å². The van der Waals surface area contributed by atoms with Crippen molar-refractivity contribution in [1.82, 2.24) is 4.90 Å². The number of halogens is 1. The zero-order chi connectivity index (χ0) is 11.7. The van der Waals surface area contributed by atoms with Gasteiger partial charge in [-0.3, -0.25) is 0 Å². The fraction of sp³-hybridized carbons (Fsp3) is 0.417. The predicted molar refractivity (Wildman–Crippen MR) is 73.0 cm³/mol. The van der Waals surface area contributed by atoms with E-state index in [0.717, 1.165) is 28.0 Å².